The molecule has 59 valence electrons. The van der Waals surface area contributed by atoms with Crippen LogP contribution in [0.3, 0.4) is 0 Å². The van der Waals surface area contributed by atoms with E-state index in [1.807, 2.05) is 0 Å². The first-order valence-corrected chi connectivity index (χ1v) is 3.02. The largest absolute Gasteiger partial charge is 0.396 e. The van der Waals surface area contributed by atoms with Gasteiger partial charge in [0, 0.05) is 43.5 Å². The molecule has 0 saturated carbocycles. The van der Waals surface area contributed by atoms with Crippen LogP contribution in [-0.2, 0) is 0 Å². The molecule has 0 aromatic rings. The smallest absolute Gasteiger partial charge is 0.0431 e. The van der Waals surface area contributed by atoms with Crippen LogP contribution in [0.4, 0.5) is 0 Å². The number of aliphatic hydroxyl groups is 1. The maximum Gasteiger partial charge on any atom is 0.0431 e. The summed E-state index contributed by atoms with van der Waals surface area (Å²) in [6.07, 6.45) is 4.68. The Balaban J connectivity index is 0. The van der Waals surface area contributed by atoms with Gasteiger partial charge in [0.05, 0.1) is 0 Å². The van der Waals surface area contributed by atoms with Crippen molar-refractivity contribution in [2.24, 2.45) is 0 Å². The van der Waals surface area contributed by atoms with Crippen molar-refractivity contribution in [1.29, 1.82) is 0 Å². The molecule has 2 heteroatoms. The molecule has 1 nitrogen and oxygen atoms in total. The maximum absolute atomic E-state index is 8.29. The molecular weight excluding hydrogens is 263 g/mol. The van der Waals surface area contributed by atoms with Crippen LogP contribution in [0.5, 0.6) is 0 Å². The van der Waals surface area contributed by atoms with E-state index in [2.05, 4.69) is 6.92 Å². The van der Waals surface area contributed by atoms with Gasteiger partial charge < -0.3 is 5.11 Å². The molecule has 0 aliphatic heterocycles. The van der Waals surface area contributed by atoms with Crippen molar-refractivity contribution in [2.75, 3.05) is 6.61 Å². The second-order valence-corrected chi connectivity index (χ2v) is 1.78. The third-order valence-corrected chi connectivity index (χ3v) is 1.01. The summed E-state index contributed by atoms with van der Waals surface area (Å²) in [6.45, 7) is 2.53. The van der Waals surface area contributed by atoms with Crippen molar-refractivity contribution in [1.82, 2.24) is 0 Å². The molecule has 1 radical (unpaired) electrons. The summed E-state index contributed by atoms with van der Waals surface area (Å²) >= 11 is 0. The summed E-state index contributed by atoms with van der Waals surface area (Å²) in [5.41, 5.74) is 0. The molecule has 0 saturated heterocycles. The molecule has 0 heterocycles. The second-order valence-electron chi connectivity index (χ2n) is 1.78. The zero-order valence-electron chi connectivity index (χ0n) is 5.24. The summed E-state index contributed by atoms with van der Waals surface area (Å²) in [5.74, 6) is 0. The molecule has 1 N–H and O–H groups in total. The molecule has 0 aliphatic rings. The minimum Gasteiger partial charge on any atom is -0.396 e. The van der Waals surface area contributed by atoms with E-state index in [-0.39, 0.29) is 36.9 Å². The first-order valence-electron chi connectivity index (χ1n) is 3.02. The molecule has 0 atom stereocenters. The Kier molecular flexibility index (Phi) is 16.5. The first-order chi connectivity index (χ1) is 3.41. The molecule has 8 heavy (non-hydrogen) atoms. The van der Waals surface area contributed by atoms with Gasteiger partial charge in [-0.2, -0.15) is 0 Å². The van der Waals surface area contributed by atoms with E-state index in [1.54, 1.807) is 0 Å². The fourth-order valence-electron chi connectivity index (χ4n) is 0.539. The number of hydrogen-bond acceptors (Lipinski definition) is 1. The van der Waals surface area contributed by atoms with Gasteiger partial charge in [-0.05, 0) is 6.42 Å². The van der Waals surface area contributed by atoms with E-state index < -0.39 is 0 Å². The molecule has 0 aromatic carbocycles. The van der Waals surface area contributed by atoms with Crippen LogP contribution in [0.1, 0.15) is 32.6 Å². The Morgan fingerprint density at radius 1 is 1.12 bits per heavy atom. The van der Waals surface area contributed by atoms with Crippen LogP contribution >= 0.6 is 0 Å². The Morgan fingerprint density at radius 2 is 1.75 bits per heavy atom. The predicted octanol–water partition coefficient (Wildman–Crippen LogP) is 1.56. The average molecular weight is 277 g/mol. The molecule has 0 rings (SSSR count). The molecule has 0 spiro atoms. The number of unbranched alkanes of at least 4 members (excludes halogenated alkanes) is 3. The Labute approximate surface area is 80.7 Å². The second kappa shape index (κ2) is 11.1. The van der Waals surface area contributed by atoms with E-state index in [4.69, 9.17) is 5.11 Å². The number of hydrogen-bond donors (Lipinski definition) is 1. The minimum absolute atomic E-state index is 0. The molecule has 0 fully saturated rings. The van der Waals surface area contributed by atoms with E-state index in [0.717, 1.165) is 6.42 Å². The fourth-order valence-corrected chi connectivity index (χ4v) is 0.539. The van der Waals surface area contributed by atoms with Gasteiger partial charge >= 0.3 is 0 Å². The SMILES string of the molecule is CCCCCCO.[Lu]. The van der Waals surface area contributed by atoms with Gasteiger partial charge in [0.25, 0.3) is 0 Å². The van der Waals surface area contributed by atoms with Crippen LogP contribution in [0, 0.1) is 36.9 Å². The van der Waals surface area contributed by atoms with Crippen molar-refractivity contribution in [3.8, 4) is 0 Å². The average Bonchev–Trinajstić information content (AvgIpc) is 1.69. The molecule has 0 unspecified atom stereocenters. The zero-order chi connectivity index (χ0) is 5.54. The van der Waals surface area contributed by atoms with Crippen LogP contribution in [0.25, 0.3) is 0 Å². The fraction of sp³-hybridized carbons (Fsp3) is 1.00. The summed E-state index contributed by atoms with van der Waals surface area (Å²) in [7, 11) is 0. The van der Waals surface area contributed by atoms with Crippen molar-refractivity contribution < 1.29 is 42.0 Å². The summed E-state index contributed by atoms with van der Waals surface area (Å²) < 4.78 is 0. The van der Waals surface area contributed by atoms with E-state index in [9.17, 15) is 0 Å². The van der Waals surface area contributed by atoms with Crippen molar-refractivity contribution in [3.05, 3.63) is 0 Å². The number of rotatable bonds is 4. The van der Waals surface area contributed by atoms with Crippen molar-refractivity contribution in [2.45, 2.75) is 32.6 Å². The van der Waals surface area contributed by atoms with Gasteiger partial charge in [-0.3, -0.25) is 0 Å². The van der Waals surface area contributed by atoms with E-state index in [1.165, 1.54) is 19.3 Å². The van der Waals surface area contributed by atoms with Crippen LogP contribution in [0.2, 0.25) is 0 Å². The standard InChI is InChI=1S/C6H14O.Lu/c1-2-3-4-5-6-7;/h7H,2-6H2,1H3;. The van der Waals surface area contributed by atoms with Crippen LogP contribution < -0.4 is 0 Å². The van der Waals surface area contributed by atoms with Crippen molar-refractivity contribution in [3.63, 3.8) is 0 Å². The first kappa shape index (κ1) is 11.9. The number of aliphatic hydroxyl groups excluding tert-OH is 1. The quantitative estimate of drug-likeness (QED) is 0.773. The van der Waals surface area contributed by atoms with E-state index >= 15 is 0 Å². The van der Waals surface area contributed by atoms with Gasteiger partial charge in [-0.25, -0.2) is 0 Å². The topological polar surface area (TPSA) is 20.2 Å². The maximum atomic E-state index is 8.29. The molecule has 0 bridgehead atoms. The van der Waals surface area contributed by atoms with Crippen molar-refractivity contribution >= 4 is 0 Å². The van der Waals surface area contributed by atoms with Crippen LogP contribution in [-0.4, -0.2) is 11.7 Å². The summed E-state index contributed by atoms with van der Waals surface area (Å²) in [6, 6.07) is 0. The van der Waals surface area contributed by atoms with Crippen LogP contribution in [0.15, 0.2) is 0 Å². The molecule has 0 amide bonds. The summed E-state index contributed by atoms with van der Waals surface area (Å²) in [5, 5.41) is 8.29. The van der Waals surface area contributed by atoms with Gasteiger partial charge in [0.1, 0.15) is 0 Å². The van der Waals surface area contributed by atoms with Gasteiger partial charge in [0.2, 0.25) is 0 Å². The zero-order valence-corrected chi connectivity index (χ0v) is 6.90. The predicted molar refractivity (Wildman–Crippen MR) is 31.2 cm³/mol. The Bertz CT molecular complexity index is 27.7. The third-order valence-electron chi connectivity index (χ3n) is 1.01. The monoisotopic (exact) mass is 277 g/mol. The molecule has 0 aliphatic carbocycles. The van der Waals surface area contributed by atoms with Gasteiger partial charge in [-0.15, -0.1) is 0 Å². The molecule has 0 aromatic heterocycles. The minimum atomic E-state index is 0. The van der Waals surface area contributed by atoms with Gasteiger partial charge in [0.15, 0.2) is 0 Å². The van der Waals surface area contributed by atoms with Gasteiger partial charge in [-0.1, -0.05) is 26.2 Å². The molecular formula is C6H14LuO. The normalized spacial score (nSPS) is 8.25. The van der Waals surface area contributed by atoms with E-state index in [0.29, 0.717) is 6.61 Å². The Hall–Kier alpha value is 1.19. The Morgan fingerprint density at radius 3 is 2.12 bits per heavy atom. The third kappa shape index (κ3) is 10.2. The summed E-state index contributed by atoms with van der Waals surface area (Å²) in [4.78, 5) is 0.